The van der Waals surface area contributed by atoms with Crippen LogP contribution in [0.4, 0.5) is 4.39 Å². The third kappa shape index (κ3) is 2.36. The van der Waals surface area contributed by atoms with E-state index in [1.54, 1.807) is 20.0 Å². The number of aromatic nitrogens is 1. The van der Waals surface area contributed by atoms with Gasteiger partial charge in [-0.25, -0.2) is 4.39 Å². The van der Waals surface area contributed by atoms with E-state index in [2.05, 4.69) is 0 Å². The fourth-order valence-electron chi connectivity index (χ4n) is 2.26. The van der Waals surface area contributed by atoms with Gasteiger partial charge in [-0.2, -0.15) is 0 Å². The van der Waals surface area contributed by atoms with Gasteiger partial charge in [0.1, 0.15) is 5.82 Å². The SMILES string of the molecule is Cc1c(CCC(=O)O)c(=O)n(C)c2cc(F)ccc12. The first kappa shape index (κ1) is 13.3. The summed E-state index contributed by atoms with van der Waals surface area (Å²) < 4.78 is 14.6. The number of nitrogens with zero attached hydrogens (tertiary/aromatic N) is 1. The molecule has 0 atom stereocenters. The molecule has 0 saturated carbocycles. The topological polar surface area (TPSA) is 59.3 Å². The van der Waals surface area contributed by atoms with Gasteiger partial charge in [-0.1, -0.05) is 0 Å². The Morgan fingerprint density at radius 2 is 2.11 bits per heavy atom. The molecular formula is C14H14FNO3. The van der Waals surface area contributed by atoms with Crippen molar-refractivity contribution in [3.05, 3.63) is 45.5 Å². The van der Waals surface area contributed by atoms with E-state index in [9.17, 15) is 14.0 Å². The van der Waals surface area contributed by atoms with E-state index in [0.717, 1.165) is 10.9 Å². The van der Waals surface area contributed by atoms with Gasteiger partial charge in [-0.3, -0.25) is 9.59 Å². The molecule has 0 amide bonds. The minimum atomic E-state index is -0.944. The van der Waals surface area contributed by atoms with E-state index in [0.29, 0.717) is 11.1 Å². The molecule has 2 rings (SSSR count). The standard InChI is InChI=1S/C14H14FNO3/c1-8-10-4-3-9(15)7-12(10)16(2)14(19)11(8)5-6-13(17)18/h3-4,7H,5-6H2,1-2H3,(H,17,18). The molecule has 0 radical (unpaired) electrons. The first-order valence-electron chi connectivity index (χ1n) is 5.91. The van der Waals surface area contributed by atoms with Crippen LogP contribution in [0.25, 0.3) is 10.9 Å². The van der Waals surface area contributed by atoms with Crippen LogP contribution in [-0.4, -0.2) is 15.6 Å². The molecule has 0 spiro atoms. The highest BCUT2D eigenvalue weighted by Gasteiger charge is 2.13. The minimum absolute atomic E-state index is 0.0945. The van der Waals surface area contributed by atoms with Gasteiger partial charge in [0.25, 0.3) is 5.56 Å². The summed E-state index contributed by atoms with van der Waals surface area (Å²) in [6.45, 7) is 1.76. The third-order valence-corrected chi connectivity index (χ3v) is 3.33. The first-order chi connectivity index (χ1) is 8.91. The molecule has 1 N–H and O–H groups in total. The Labute approximate surface area is 109 Å². The number of carbonyl (C=O) groups is 1. The number of rotatable bonds is 3. The molecule has 0 aliphatic heterocycles. The van der Waals surface area contributed by atoms with Crippen molar-refractivity contribution in [3.8, 4) is 0 Å². The Hall–Kier alpha value is -2.17. The Morgan fingerprint density at radius 1 is 1.42 bits per heavy atom. The van der Waals surface area contributed by atoms with Gasteiger partial charge in [-0.05, 0) is 37.1 Å². The number of carboxylic acid groups (broad SMARTS) is 1. The van der Waals surface area contributed by atoms with Crippen LogP contribution in [0.5, 0.6) is 0 Å². The average molecular weight is 263 g/mol. The Morgan fingerprint density at radius 3 is 2.74 bits per heavy atom. The summed E-state index contributed by atoms with van der Waals surface area (Å²) in [7, 11) is 1.56. The predicted molar refractivity (Wildman–Crippen MR) is 69.8 cm³/mol. The van der Waals surface area contributed by atoms with Gasteiger partial charge in [0.05, 0.1) is 5.52 Å². The molecule has 0 aliphatic carbocycles. The largest absolute Gasteiger partial charge is 0.481 e. The van der Waals surface area contributed by atoms with Crippen molar-refractivity contribution < 1.29 is 14.3 Å². The number of fused-ring (bicyclic) bond motifs is 1. The van der Waals surface area contributed by atoms with Crippen LogP contribution in [0.15, 0.2) is 23.0 Å². The van der Waals surface area contributed by atoms with Crippen LogP contribution >= 0.6 is 0 Å². The maximum Gasteiger partial charge on any atom is 0.303 e. The molecule has 5 heteroatoms. The van der Waals surface area contributed by atoms with Crippen LogP contribution in [0, 0.1) is 12.7 Å². The lowest BCUT2D eigenvalue weighted by molar-refractivity contribution is -0.136. The molecule has 0 bridgehead atoms. The first-order valence-corrected chi connectivity index (χ1v) is 5.91. The second-order valence-corrected chi connectivity index (χ2v) is 4.52. The summed E-state index contributed by atoms with van der Waals surface area (Å²) in [6.07, 6.45) is 0.0872. The summed E-state index contributed by atoms with van der Waals surface area (Å²) in [4.78, 5) is 22.8. The number of hydrogen-bond donors (Lipinski definition) is 1. The number of hydrogen-bond acceptors (Lipinski definition) is 2. The van der Waals surface area contributed by atoms with Gasteiger partial charge in [0.2, 0.25) is 0 Å². The predicted octanol–water partition coefficient (Wildman–Crippen LogP) is 2.00. The highest BCUT2D eigenvalue weighted by molar-refractivity contribution is 5.83. The van der Waals surface area contributed by atoms with E-state index in [4.69, 9.17) is 5.11 Å². The fourth-order valence-corrected chi connectivity index (χ4v) is 2.26. The number of aliphatic carboxylic acids is 1. The second-order valence-electron chi connectivity index (χ2n) is 4.52. The van der Waals surface area contributed by atoms with Crippen molar-refractivity contribution in [2.24, 2.45) is 7.05 Å². The van der Waals surface area contributed by atoms with Crippen LogP contribution in [0.1, 0.15) is 17.5 Å². The molecule has 100 valence electrons. The van der Waals surface area contributed by atoms with E-state index < -0.39 is 11.8 Å². The summed E-state index contributed by atoms with van der Waals surface area (Å²) in [5, 5.41) is 9.48. The van der Waals surface area contributed by atoms with E-state index >= 15 is 0 Å². The summed E-state index contributed by atoms with van der Waals surface area (Å²) in [5.74, 6) is -1.35. The monoisotopic (exact) mass is 263 g/mol. The quantitative estimate of drug-likeness (QED) is 0.921. The van der Waals surface area contributed by atoms with Crippen molar-refractivity contribution in [3.63, 3.8) is 0 Å². The number of aryl methyl sites for hydroxylation is 2. The molecule has 2 aromatic rings. The van der Waals surface area contributed by atoms with Crippen LogP contribution in [0.2, 0.25) is 0 Å². The van der Waals surface area contributed by atoms with Crippen LogP contribution in [-0.2, 0) is 18.3 Å². The summed E-state index contributed by atoms with van der Waals surface area (Å²) >= 11 is 0. The zero-order valence-corrected chi connectivity index (χ0v) is 10.7. The van der Waals surface area contributed by atoms with Gasteiger partial charge < -0.3 is 9.67 Å². The molecular weight excluding hydrogens is 249 g/mol. The molecule has 1 heterocycles. The molecule has 1 aromatic carbocycles. The molecule has 1 aromatic heterocycles. The second kappa shape index (κ2) is 4.84. The lowest BCUT2D eigenvalue weighted by Crippen LogP contribution is -2.23. The minimum Gasteiger partial charge on any atom is -0.481 e. The van der Waals surface area contributed by atoms with E-state index in [-0.39, 0.29) is 18.4 Å². The summed E-state index contributed by atoms with van der Waals surface area (Å²) in [6, 6.07) is 4.26. The molecule has 0 fully saturated rings. The highest BCUT2D eigenvalue weighted by atomic mass is 19.1. The van der Waals surface area contributed by atoms with Crippen molar-refractivity contribution in [2.75, 3.05) is 0 Å². The van der Waals surface area contributed by atoms with Crippen LogP contribution < -0.4 is 5.56 Å². The van der Waals surface area contributed by atoms with Gasteiger partial charge in [0.15, 0.2) is 0 Å². The van der Waals surface area contributed by atoms with Gasteiger partial charge in [0, 0.05) is 24.4 Å². The number of benzene rings is 1. The molecule has 0 aliphatic rings. The lowest BCUT2D eigenvalue weighted by atomic mass is 10.0. The normalized spacial score (nSPS) is 10.9. The van der Waals surface area contributed by atoms with Crippen LogP contribution in [0.3, 0.4) is 0 Å². The molecule has 4 nitrogen and oxygen atoms in total. The molecule has 19 heavy (non-hydrogen) atoms. The van der Waals surface area contributed by atoms with Crippen molar-refractivity contribution in [1.82, 2.24) is 4.57 Å². The van der Waals surface area contributed by atoms with Gasteiger partial charge in [-0.15, -0.1) is 0 Å². The van der Waals surface area contributed by atoms with Crippen molar-refractivity contribution >= 4 is 16.9 Å². The summed E-state index contributed by atoms with van der Waals surface area (Å²) in [5.41, 5.74) is 1.45. The Balaban J connectivity index is 2.70. The zero-order valence-electron chi connectivity index (χ0n) is 10.7. The highest BCUT2D eigenvalue weighted by Crippen LogP contribution is 2.20. The van der Waals surface area contributed by atoms with E-state index in [1.165, 1.54) is 16.7 Å². The maximum atomic E-state index is 13.2. The zero-order chi connectivity index (χ0) is 14.2. The number of carboxylic acids is 1. The Kier molecular flexibility index (Phi) is 3.38. The third-order valence-electron chi connectivity index (χ3n) is 3.33. The lowest BCUT2D eigenvalue weighted by Gasteiger charge is -2.12. The molecule has 0 unspecified atom stereocenters. The Bertz CT molecular complexity index is 719. The van der Waals surface area contributed by atoms with Crippen molar-refractivity contribution in [1.29, 1.82) is 0 Å². The smallest absolute Gasteiger partial charge is 0.303 e. The number of pyridine rings is 1. The maximum absolute atomic E-state index is 13.2. The van der Waals surface area contributed by atoms with E-state index in [1.807, 2.05) is 0 Å². The van der Waals surface area contributed by atoms with Crippen molar-refractivity contribution in [2.45, 2.75) is 19.8 Å². The number of halogens is 1. The molecule has 0 saturated heterocycles. The average Bonchev–Trinajstić information content (AvgIpc) is 2.35. The van der Waals surface area contributed by atoms with Gasteiger partial charge >= 0.3 is 5.97 Å². The fraction of sp³-hybridized carbons (Fsp3) is 0.286.